The average molecular weight is 411 g/mol. The lowest BCUT2D eigenvalue weighted by Crippen LogP contribution is -2.56. The van der Waals surface area contributed by atoms with Crippen LogP contribution in [0.25, 0.3) is 0 Å². The third kappa shape index (κ3) is 5.91. The number of aliphatic carboxylic acids is 1. The zero-order chi connectivity index (χ0) is 21.9. The molecule has 9 heteroatoms. The SMILES string of the molecule is CC[C@H](C)C1C(=O)O[C@H]1C(=O)NC1C[C@@H]1C[C@H](NC(=O)[C@H](C)NC(C)C)C(=O)O. The number of hydrogen-bond acceptors (Lipinski definition) is 6. The van der Waals surface area contributed by atoms with Crippen molar-refractivity contribution < 1.29 is 29.0 Å². The first-order valence-corrected chi connectivity index (χ1v) is 10.3. The average Bonchev–Trinajstić information content (AvgIpc) is 3.34. The van der Waals surface area contributed by atoms with Crippen molar-refractivity contribution in [3.8, 4) is 0 Å². The quantitative estimate of drug-likeness (QED) is 0.362. The Morgan fingerprint density at radius 3 is 2.38 bits per heavy atom. The summed E-state index contributed by atoms with van der Waals surface area (Å²) in [7, 11) is 0. The molecule has 1 aliphatic heterocycles. The number of hydrogen-bond donors (Lipinski definition) is 4. The fourth-order valence-electron chi connectivity index (χ4n) is 3.68. The van der Waals surface area contributed by atoms with Crippen molar-refractivity contribution in [1.82, 2.24) is 16.0 Å². The largest absolute Gasteiger partial charge is 0.480 e. The molecule has 1 saturated heterocycles. The number of esters is 1. The first-order chi connectivity index (χ1) is 13.5. The molecule has 1 aliphatic carbocycles. The maximum Gasteiger partial charge on any atom is 0.326 e. The Morgan fingerprint density at radius 1 is 1.21 bits per heavy atom. The van der Waals surface area contributed by atoms with E-state index in [9.17, 15) is 24.3 Å². The van der Waals surface area contributed by atoms with Gasteiger partial charge in [-0.3, -0.25) is 14.4 Å². The zero-order valence-corrected chi connectivity index (χ0v) is 17.7. The Morgan fingerprint density at radius 2 is 1.86 bits per heavy atom. The van der Waals surface area contributed by atoms with Crippen LogP contribution in [0.2, 0.25) is 0 Å². The number of nitrogens with one attached hydrogen (secondary N) is 3. The van der Waals surface area contributed by atoms with E-state index in [0.29, 0.717) is 6.42 Å². The van der Waals surface area contributed by atoms with Gasteiger partial charge in [-0.15, -0.1) is 0 Å². The van der Waals surface area contributed by atoms with Gasteiger partial charge in [0.1, 0.15) is 12.0 Å². The molecule has 7 atom stereocenters. The van der Waals surface area contributed by atoms with Gasteiger partial charge >= 0.3 is 11.9 Å². The number of carboxylic acids is 1. The summed E-state index contributed by atoms with van der Waals surface area (Å²) in [4.78, 5) is 47.8. The second-order valence-electron chi connectivity index (χ2n) is 8.56. The van der Waals surface area contributed by atoms with Crippen LogP contribution in [0.3, 0.4) is 0 Å². The van der Waals surface area contributed by atoms with Crippen LogP contribution in [0.1, 0.15) is 53.9 Å². The van der Waals surface area contributed by atoms with Crippen LogP contribution in [-0.4, -0.2) is 59.1 Å². The molecule has 2 unspecified atom stereocenters. The molecule has 2 aliphatic rings. The van der Waals surface area contributed by atoms with E-state index in [1.165, 1.54) is 0 Å². The van der Waals surface area contributed by atoms with Crippen molar-refractivity contribution in [1.29, 1.82) is 0 Å². The first-order valence-electron chi connectivity index (χ1n) is 10.3. The summed E-state index contributed by atoms with van der Waals surface area (Å²) in [6, 6.07) is -1.58. The van der Waals surface area contributed by atoms with Crippen LogP contribution in [-0.2, 0) is 23.9 Å². The maximum atomic E-state index is 12.4. The highest BCUT2D eigenvalue weighted by atomic mass is 16.6. The van der Waals surface area contributed by atoms with Crippen molar-refractivity contribution in [2.24, 2.45) is 17.8 Å². The number of amides is 2. The van der Waals surface area contributed by atoms with E-state index in [1.54, 1.807) is 6.92 Å². The van der Waals surface area contributed by atoms with Gasteiger partial charge in [-0.1, -0.05) is 34.1 Å². The molecule has 4 N–H and O–H groups in total. The molecule has 0 aromatic rings. The highest BCUT2D eigenvalue weighted by Crippen LogP contribution is 2.37. The zero-order valence-electron chi connectivity index (χ0n) is 17.7. The van der Waals surface area contributed by atoms with Gasteiger partial charge in [0.05, 0.1) is 6.04 Å². The fourth-order valence-corrected chi connectivity index (χ4v) is 3.68. The summed E-state index contributed by atoms with van der Waals surface area (Å²) >= 11 is 0. The predicted molar refractivity (Wildman–Crippen MR) is 105 cm³/mol. The number of ether oxygens (including phenoxy) is 1. The van der Waals surface area contributed by atoms with E-state index in [2.05, 4.69) is 16.0 Å². The summed E-state index contributed by atoms with van der Waals surface area (Å²) in [6.45, 7) is 9.37. The maximum absolute atomic E-state index is 12.4. The highest BCUT2D eigenvalue weighted by molar-refractivity contribution is 5.94. The van der Waals surface area contributed by atoms with Gasteiger partial charge in [-0.25, -0.2) is 4.79 Å². The predicted octanol–water partition coefficient (Wildman–Crippen LogP) is 0.425. The third-order valence-corrected chi connectivity index (χ3v) is 5.74. The van der Waals surface area contributed by atoms with Gasteiger partial charge in [0, 0.05) is 12.1 Å². The summed E-state index contributed by atoms with van der Waals surface area (Å²) in [5, 5.41) is 17.9. The number of carbonyl (C=O) groups is 4. The molecule has 29 heavy (non-hydrogen) atoms. The topological polar surface area (TPSA) is 134 Å². The molecule has 2 amide bonds. The van der Waals surface area contributed by atoms with E-state index < -0.39 is 30.1 Å². The van der Waals surface area contributed by atoms with Crippen molar-refractivity contribution >= 4 is 23.8 Å². The number of rotatable bonds is 11. The highest BCUT2D eigenvalue weighted by Gasteiger charge is 2.51. The van der Waals surface area contributed by atoms with Gasteiger partial charge < -0.3 is 25.8 Å². The normalized spacial score (nSPS) is 28.6. The van der Waals surface area contributed by atoms with Crippen LogP contribution >= 0.6 is 0 Å². The van der Waals surface area contributed by atoms with Crippen molar-refractivity contribution in [3.05, 3.63) is 0 Å². The minimum Gasteiger partial charge on any atom is -0.480 e. The Bertz CT molecular complexity index is 652. The van der Waals surface area contributed by atoms with Crippen molar-refractivity contribution in [2.75, 3.05) is 0 Å². The second kappa shape index (κ2) is 9.56. The van der Waals surface area contributed by atoms with Gasteiger partial charge in [0.2, 0.25) is 5.91 Å². The molecule has 0 aromatic heterocycles. The fraction of sp³-hybridized carbons (Fsp3) is 0.800. The molecule has 1 heterocycles. The van der Waals surface area contributed by atoms with E-state index in [1.807, 2.05) is 27.7 Å². The lowest BCUT2D eigenvalue weighted by atomic mass is 9.83. The molecule has 1 saturated carbocycles. The second-order valence-corrected chi connectivity index (χ2v) is 8.56. The Kier molecular flexibility index (Phi) is 7.62. The lowest BCUT2D eigenvalue weighted by Gasteiger charge is -2.37. The molecule has 2 fully saturated rings. The minimum absolute atomic E-state index is 0.0356. The van der Waals surface area contributed by atoms with Crippen LogP contribution < -0.4 is 16.0 Å². The number of carboxylic acid groups (broad SMARTS) is 1. The lowest BCUT2D eigenvalue weighted by molar-refractivity contribution is -0.193. The molecule has 0 aromatic carbocycles. The molecule has 0 bridgehead atoms. The molecule has 9 nitrogen and oxygen atoms in total. The summed E-state index contributed by atoms with van der Waals surface area (Å²) in [5.41, 5.74) is 0. The Labute approximate surface area is 171 Å². The monoisotopic (exact) mass is 411 g/mol. The van der Waals surface area contributed by atoms with Crippen LogP contribution in [0.15, 0.2) is 0 Å². The summed E-state index contributed by atoms with van der Waals surface area (Å²) in [5.74, 6) is -2.53. The molecule has 0 radical (unpaired) electrons. The molecule has 0 spiro atoms. The molecule has 164 valence electrons. The van der Waals surface area contributed by atoms with E-state index >= 15 is 0 Å². The van der Waals surface area contributed by atoms with E-state index in [-0.39, 0.29) is 48.1 Å². The van der Waals surface area contributed by atoms with Gasteiger partial charge in [-0.05, 0) is 31.6 Å². The number of cyclic esters (lactones) is 1. The first kappa shape index (κ1) is 23.1. The van der Waals surface area contributed by atoms with Gasteiger partial charge in [0.25, 0.3) is 5.91 Å². The third-order valence-electron chi connectivity index (χ3n) is 5.74. The molecule has 2 rings (SSSR count). The van der Waals surface area contributed by atoms with Crippen molar-refractivity contribution in [3.63, 3.8) is 0 Å². The van der Waals surface area contributed by atoms with E-state index in [0.717, 1.165) is 6.42 Å². The van der Waals surface area contributed by atoms with E-state index in [4.69, 9.17) is 4.74 Å². The standard InChI is InChI=1S/C20H33N3O6/c1-6-10(4)15-16(29-20(15)28)18(25)22-13-7-12(13)8-14(19(26)27)23-17(24)11(5)21-9(2)3/h9-16,21H,6-8H2,1-5H3,(H,22,25)(H,23,24)(H,26,27)/t10-,11-,12+,13?,14-,15?,16+/m0/s1. The van der Waals surface area contributed by atoms with Crippen LogP contribution in [0, 0.1) is 17.8 Å². The summed E-state index contributed by atoms with van der Waals surface area (Å²) in [6.07, 6.45) is 0.885. The van der Waals surface area contributed by atoms with Crippen LogP contribution in [0.5, 0.6) is 0 Å². The van der Waals surface area contributed by atoms with Crippen molar-refractivity contribution in [2.45, 2.75) is 84.2 Å². The molecular formula is C20H33N3O6. The Balaban J connectivity index is 1.82. The smallest absolute Gasteiger partial charge is 0.326 e. The van der Waals surface area contributed by atoms with Gasteiger partial charge in [-0.2, -0.15) is 0 Å². The minimum atomic E-state index is -1.10. The molecular weight excluding hydrogens is 378 g/mol. The van der Waals surface area contributed by atoms with Crippen LogP contribution in [0.4, 0.5) is 0 Å². The Hall–Kier alpha value is -2.16. The van der Waals surface area contributed by atoms with Gasteiger partial charge in [0.15, 0.2) is 6.10 Å². The number of carbonyl (C=O) groups excluding carboxylic acids is 3. The summed E-state index contributed by atoms with van der Waals surface area (Å²) < 4.78 is 5.02.